The molecule has 106 valence electrons. The van der Waals surface area contributed by atoms with Crippen LogP contribution in [0.15, 0.2) is 45.3 Å². The molecule has 2 aromatic carbocycles. The van der Waals surface area contributed by atoms with Crippen molar-refractivity contribution in [2.75, 3.05) is 7.05 Å². The second kappa shape index (κ2) is 6.88. The molecule has 0 spiro atoms. The molecule has 20 heavy (non-hydrogen) atoms. The maximum Gasteiger partial charge on any atom is 0.0370 e. The average molecular weight is 397 g/mol. The Bertz CT molecular complexity index is 608. The highest BCUT2D eigenvalue weighted by molar-refractivity contribution is 9.11. The van der Waals surface area contributed by atoms with Gasteiger partial charge in [-0.1, -0.05) is 56.1 Å². The summed E-state index contributed by atoms with van der Waals surface area (Å²) in [5.41, 5.74) is 5.25. The zero-order valence-electron chi connectivity index (χ0n) is 12.0. The van der Waals surface area contributed by atoms with Crippen LogP contribution in [0.3, 0.4) is 0 Å². The third-order valence-corrected chi connectivity index (χ3v) is 5.23. The molecule has 0 amide bonds. The molecule has 2 aromatic rings. The van der Waals surface area contributed by atoms with Crippen LogP contribution < -0.4 is 5.32 Å². The molecular formula is C17H19Br2N. The molecule has 3 heteroatoms. The largest absolute Gasteiger partial charge is 0.313 e. The minimum atomic E-state index is 0.294. The van der Waals surface area contributed by atoms with Crippen molar-refractivity contribution in [1.82, 2.24) is 5.32 Å². The van der Waals surface area contributed by atoms with Gasteiger partial charge in [0, 0.05) is 15.0 Å². The molecule has 0 aromatic heterocycles. The summed E-state index contributed by atoms with van der Waals surface area (Å²) in [6, 6.07) is 13.2. The Morgan fingerprint density at radius 1 is 1.00 bits per heavy atom. The van der Waals surface area contributed by atoms with Crippen molar-refractivity contribution in [3.05, 3.63) is 67.6 Å². The zero-order chi connectivity index (χ0) is 14.7. The van der Waals surface area contributed by atoms with E-state index in [0.29, 0.717) is 6.04 Å². The highest BCUT2D eigenvalue weighted by atomic mass is 79.9. The van der Waals surface area contributed by atoms with Crippen LogP contribution in [0.2, 0.25) is 0 Å². The van der Waals surface area contributed by atoms with Gasteiger partial charge in [0.1, 0.15) is 0 Å². The number of rotatable bonds is 4. The van der Waals surface area contributed by atoms with Gasteiger partial charge < -0.3 is 5.32 Å². The molecule has 1 nitrogen and oxygen atoms in total. The van der Waals surface area contributed by atoms with Crippen molar-refractivity contribution in [3.63, 3.8) is 0 Å². The van der Waals surface area contributed by atoms with Gasteiger partial charge in [0.25, 0.3) is 0 Å². The summed E-state index contributed by atoms with van der Waals surface area (Å²) in [5, 5.41) is 3.43. The first-order valence-corrected chi connectivity index (χ1v) is 8.29. The number of likely N-dealkylation sites (N-methyl/N-ethyl adjacent to an activating group) is 1. The van der Waals surface area contributed by atoms with Crippen LogP contribution in [0.4, 0.5) is 0 Å². The van der Waals surface area contributed by atoms with Crippen LogP contribution in [-0.2, 0) is 6.42 Å². The van der Waals surface area contributed by atoms with E-state index in [0.717, 1.165) is 15.4 Å². The first kappa shape index (κ1) is 15.7. The quantitative estimate of drug-likeness (QED) is 0.736. The van der Waals surface area contributed by atoms with Crippen LogP contribution in [0, 0.1) is 13.8 Å². The van der Waals surface area contributed by atoms with Crippen molar-refractivity contribution in [2.24, 2.45) is 0 Å². The standard InChI is InChI=1S/C17H19Br2N/c1-11-6-4-5-7-13(11)9-17(20-3)14-10-15(18)12(2)8-16(14)19/h4-8,10,17,20H,9H2,1-3H3. The molecular weight excluding hydrogens is 378 g/mol. The Morgan fingerprint density at radius 3 is 2.35 bits per heavy atom. The molecule has 0 bridgehead atoms. The number of nitrogens with one attached hydrogen (secondary N) is 1. The lowest BCUT2D eigenvalue weighted by molar-refractivity contribution is 0.588. The number of benzene rings is 2. The van der Waals surface area contributed by atoms with Crippen LogP contribution in [-0.4, -0.2) is 7.05 Å². The molecule has 1 N–H and O–H groups in total. The Hall–Kier alpha value is -0.640. The fraction of sp³-hybridized carbons (Fsp3) is 0.294. The Labute approximate surface area is 138 Å². The maximum absolute atomic E-state index is 3.69. The smallest absolute Gasteiger partial charge is 0.0370 e. The molecule has 0 aliphatic rings. The third-order valence-electron chi connectivity index (χ3n) is 3.69. The molecule has 0 fully saturated rings. The van der Waals surface area contributed by atoms with Gasteiger partial charge >= 0.3 is 0 Å². The van der Waals surface area contributed by atoms with Gasteiger partial charge in [-0.25, -0.2) is 0 Å². The topological polar surface area (TPSA) is 12.0 Å². The van der Waals surface area contributed by atoms with Crippen molar-refractivity contribution >= 4 is 31.9 Å². The number of aryl methyl sites for hydroxylation is 2. The fourth-order valence-corrected chi connectivity index (χ4v) is 3.45. The second-order valence-corrected chi connectivity index (χ2v) is 6.80. The van der Waals surface area contributed by atoms with E-state index in [1.165, 1.54) is 22.3 Å². The van der Waals surface area contributed by atoms with Crippen molar-refractivity contribution in [1.29, 1.82) is 0 Å². The first-order valence-electron chi connectivity index (χ1n) is 6.70. The highest BCUT2D eigenvalue weighted by Crippen LogP contribution is 2.31. The van der Waals surface area contributed by atoms with E-state index in [2.05, 4.69) is 87.4 Å². The monoisotopic (exact) mass is 395 g/mol. The summed E-state index contributed by atoms with van der Waals surface area (Å²) < 4.78 is 2.31. The van der Waals surface area contributed by atoms with E-state index in [4.69, 9.17) is 0 Å². The molecule has 0 radical (unpaired) electrons. The normalized spacial score (nSPS) is 12.4. The summed E-state index contributed by atoms with van der Waals surface area (Å²) in [7, 11) is 2.02. The first-order chi connectivity index (χ1) is 9.52. The fourth-order valence-electron chi connectivity index (χ4n) is 2.36. The Morgan fingerprint density at radius 2 is 1.70 bits per heavy atom. The van der Waals surface area contributed by atoms with E-state index in [-0.39, 0.29) is 0 Å². The van der Waals surface area contributed by atoms with Gasteiger partial charge in [0.15, 0.2) is 0 Å². The lowest BCUT2D eigenvalue weighted by atomic mass is 9.96. The van der Waals surface area contributed by atoms with Crippen molar-refractivity contribution in [2.45, 2.75) is 26.3 Å². The predicted octanol–water partition coefficient (Wildman–Crippen LogP) is 5.33. The number of hydrogen-bond acceptors (Lipinski definition) is 1. The van der Waals surface area contributed by atoms with Gasteiger partial charge in [-0.3, -0.25) is 0 Å². The summed E-state index contributed by atoms with van der Waals surface area (Å²) in [6.45, 7) is 4.27. The van der Waals surface area contributed by atoms with E-state index in [1.54, 1.807) is 0 Å². The molecule has 0 aliphatic carbocycles. The van der Waals surface area contributed by atoms with Crippen LogP contribution in [0.1, 0.15) is 28.3 Å². The van der Waals surface area contributed by atoms with Crippen molar-refractivity contribution < 1.29 is 0 Å². The minimum absolute atomic E-state index is 0.294. The van der Waals surface area contributed by atoms with E-state index >= 15 is 0 Å². The van der Waals surface area contributed by atoms with Crippen LogP contribution >= 0.6 is 31.9 Å². The van der Waals surface area contributed by atoms with E-state index in [1.807, 2.05) is 7.05 Å². The lowest BCUT2D eigenvalue weighted by Crippen LogP contribution is -2.20. The number of halogens is 2. The van der Waals surface area contributed by atoms with Crippen molar-refractivity contribution in [3.8, 4) is 0 Å². The summed E-state index contributed by atoms with van der Waals surface area (Å²) in [6.07, 6.45) is 0.983. The van der Waals surface area contributed by atoms with Crippen LogP contribution in [0.25, 0.3) is 0 Å². The lowest BCUT2D eigenvalue weighted by Gasteiger charge is -2.20. The molecule has 1 atom stereocenters. The Balaban J connectivity index is 2.34. The summed E-state index contributed by atoms with van der Waals surface area (Å²) >= 11 is 7.32. The van der Waals surface area contributed by atoms with E-state index in [9.17, 15) is 0 Å². The second-order valence-electron chi connectivity index (χ2n) is 5.09. The highest BCUT2D eigenvalue weighted by Gasteiger charge is 2.15. The summed E-state index contributed by atoms with van der Waals surface area (Å²) in [5.74, 6) is 0. The SMILES string of the molecule is CNC(Cc1ccccc1C)c1cc(Br)c(C)cc1Br. The molecule has 0 heterocycles. The zero-order valence-corrected chi connectivity index (χ0v) is 15.2. The van der Waals surface area contributed by atoms with E-state index < -0.39 is 0 Å². The number of hydrogen-bond donors (Lipinski definition) is 1. The van der Waals surface area contributed by atoms with Gasteiger partial charge in [0.05, 0.1) is 0 Å². The molecule has 0 saturated carbocycles. The molecule has 0 aliphatic heterocycles. The Kier molecular flexibility index (Phi) is 5.42. The van der Waals surface area contributed by atoms with Gasteiger partial charge in [-0.05, 0) is 61.7 Å². The van der Waals surface area contributed by atoms with Gasteiger partial charge in [-0.15, -0.1) is 0 Å². The summed E-state index contributed by atoms with van der Waals surface area (Å²) in [4.78, 5) is 0. The molecule has 1 unspecified atom stereocenters. The maximum atomic E-state index is 3.69. The van der Waals surface area contributed by atoms with Crippen LogP contribution in [0.5, 0.6) is 0 Å². The minimum Gasteiger partial charge on any atom is -0.313 e. The predicted molar refractivity (Wildman–Crippen MR) is 93.3 cm³/mol. The average Bonchev–Trinajstić information content (AvgIpc) is 2.42. The van der Waals surface area contributed by atoms with Gasteiger partial charge in [0.2, 0.25) is 0 Å². The third kappa shape index (κ3) is 3.51. The molecule has 0 saturated heterocycles. The molecule has 2 rings (SSSR count). The van der Waals surface area contributed by atoms with Gasteiger partial charge in [-0.2, -0.15) is 0 Å².